The molecule has 0 spiro atoms. The second-order valence-corrected chi connectivity index (χ2v) is 8.40. The number of benzene rings is 2. The summed E-state index contributed by atoms with van der Waals surface area (Å²) in [6.45, 7) is 4.01. The fraction of sp³-hybridized carbons (Fsp3) is 0.167. The number of nitrogens with one attached hydrogen (secondary N) is 1. The van der Waals surface area contributed by atoms with E-state index < -0.39 is 6.10 Å². The molecule has 0 aliphatic carbocycles. The first-order valence-electron chi connectivity index (χ1n) is 9.96. The molecule has 7 heteroatoms. The standard InChI is InChI=1S/C24H20FN3O2S/c1-14-11-19(15(2)28(14)18-9-7-17(25)8-10-18)20-13-31-24(26-20)27-23(29)22-12-16-5-3-4-6-21(16)30-22/h3-11,13,22H,12H2,1-2H3,(H,26,27,29). The molecule has 4 aromatic rings. The molecule has 1 atom stereocenters. The molecule has 2 aromatic heterocycles. The van der Waals surface area contributed by atoms with Crippen LogP contribution >= 0.6 is 11.3 Å². The van der Waals surface area contributed by atoms with Crippen molar-refractivity contribution in [1.29, 1.82) is 0 Å². The van der Waals surface area contributed by atoms with Crippen molar-refractivity contribution in [1.82, 2.24) is 9.55 Å². The zero-order valence-electron chi connectivity index (χ0n) is 17.1. The first-order valence-corrected chi connectivity index (χ1v) is 10.8. The van der Waals surface area contributed by atoms with Gasteiger partial charge in [0.15, 0.2) is 11.2 Å². The minimum absolute atomic E-state index is 0.200. The third kappa shape index (κ3) is 3.61. The number of hydrogen-bond acceptors (Lipinski definition) is 4. The summed E-state index contributed by atoms with van der Waals surface area (Å²) in [5, 5.41) is 5.34. The number of rotatable bonds is 4. The molecule has 1 N–H and O–H groups in total. The molecule has 5 nitrogen and oxygen atoms in total. The summed E-state index contributed by atoms with van der Waals surface area (Å²) in [5.74, 6) is 0.297. The van der Waals surface area contributed by atoms with E-state index in [0.29, 0.717) is 11.6 Å². The van der Waals surface area contributed by atoms with E-state index in [0.717, 1.165) is 39.6 Å². The van der Waals surface area contributed by atoms with Crippen LogP contribution in [0.1, 0.15) is 17.0 Å². The van der Waals surface area contributed by atoms with Gasteiger partial charge in [-0.15, -0.1) is 11.3 Å². The van der Waals surface area contributed by atoms with Crippen molar-refractivity contribution >= 4 is 22.4 Å². The Morgan fingerprint density at radius 2 is 1.97 bits per heavy atom. The molecule has 31 heavy (non-hydrogen) atoms. The smallest absolute Gasteiger partial charge is 0.267 e. The summed E-state index contributed by atoms with van der Waals surface area (Å²) in [4.78, 5) is 17.3. The van der Waals surface area contributed by atoms with Crippen LogP contribution in [0.25, 0.3) is 16.9 Å². The largest absolute Gasteiger partial charge is 0.480 e. The average Bonchev–Trinajstić information content (AvgIpc) is 3.46. The average molecular weight is 434 g/mol. The van der Waals surface area contributed by atoms with E-state index in [1.165, 1.54) is 23.5 Å². The van der Waals surface area contributed by atoms with Gasteiger partial charge < -0.3 is 9.30 Å². The minimum atomic E-state index is -0.548. The van der Waals surface area contributed by atoms with Crippen molar-refractivity contribution in [3.63, 3.8) is 0 Å². The van der Waals surface area contributed by atoms with Crippen molar-refractivity contribution in [3.05, 3.63) is 82.7 Å². The molecule has 2 aromatic carbocycles. The van der Waals surface area contributed by atoms with Crippen molar-refractivity contribution in [3.8, 4) is 22.7 Å². The van der Waals surface area contributed by atoms with Crippen LogP contribution < -0.4 is 10.1 Å². The van der Waals surface area contributed by atoms with Gasteiger partial charge in [0.05, 0.1) is 5.69 Å². The Bertz CT molecular complexity index is 1250. The Balaban J connectivity index is 1.35. The summed E-state index contributed by atoms with van der Waals surface area (Å²) in [6, 6.07) is 16.2. The number of aromatic nitrogens is 2. The van der Waals surface area contributed by atoms with Crippen LogP contribution in [-0.4, -0.2) is 21.6 Å². The molecule has 1 aliphatic heterocycles. The summed E-state index contributed by atoms with van der Waals surface area (Å²) in [6.07, 6.45) is 0.00675. The van der Waals surface area contributed by atoms with Crippen LogP contribution in [-0.2, 0) is 11.2 Å². The molecule has 1 aliphatic rings. The Morgan fingerprint density at radius 1 is 1.19 bits per heavy atom. The number of ether oxygens (including phenoxy) is 1. The lowest BCUT2D eigenvalue weighted by Crippen LogP contribution is -2.31. The van der Waals surface area contributed by atoms with Gasteiger partial charge >= 0.3 is 0 Å². The van der Waals surface area contributed by atoms with Crippen molar-refractivity contribution < 1.29 is 13.9 Å². The predicted octanol–water partition coefficient (Wildman–Crippen LogP) is 5.30. The lowest BCUT2D eigenvalue weighted by molar-refractivity contribution is -0.122. The highest BCUT2D eigenvalue weighted by molar-refractivity contribution is 7.14. The zero-order chi connectivity index (χ0) is 21.5. The zero-order valence-corrected chi connectivity index (χ0v) is 17.9. The normalized spacial score (nSPS) is 14.9. The highest BCUT2D eigenvalue weighted by Crippen LogP contribution is 2.33. The summed E-state index contributed by atoms with van der Waals surface area (Å²) in [7, 11) is 0. The van der Waals surface area contributed by atoms with E-state index in [-0.39, 0.29) is 11.7 Å². The van der Waals surface area contributed by atoms with Crippen LogP contribution in [0.2, 0.25) is 0 Å². The number of fused-ring (bicyclic) bond motifs is 1. The number of para-hydroxylation sites is 1. The van der Waals surface area contributed by atoms with Gasteiger partial charge in [0.1, 0.15) is 11.6 Å². The summed E-state index contributed by atoms with van der Waals surface area (Å²) >= 11 is 1.38. The monoisotopic (exact) mass is 433 g/mol. The number of aryl methyl sites for hydroxylation is 1. The molecular weight excluding hydrogens is 413 g/mol. The number of carbonyl (C=O) groups is 1. The molecule has 0 saturated carbocycles. The van der Waals surface area contributed by atoms with Gasteiger partial charge in [0.25, 0.3) is 5.91 Å². The van der Waals surface area contributed by atoms with E-state index in [1.54, 1.807) is 12.1 Å². The van der Waals surface area contributed by atoms with E-state index in [9.17, 15) is 9.18 Å². The highest BCUT2D eigenvalue weighted by atomic mass is 32.1. The fourth-order valence-electron chi connectivity index (χ4n) is 3.98. The number of nitrogens with zero attached hydrogens (tertiary/aromatic N) is 2. The number of carbonyl (C=O) groups excluding carboxylic acids is 1. The molecule has 0 saturated heterocycles. The van der Waals surface area contributed by atoms with Crippen LogP contribution in [0, 0.1) is 19.7 Å². The lowest BCUT2D eigenvalue weighted by atomic mass is 10.1. The van der Waals surface area contributed by atoms with Gasteiger partial charge in [-0.25, -0.2) is 9.37 Å². The topological polar surface area (TPSA) is 56.1 Å². The van der Waals surface area contributed by atoms with Gasteiger partial charge in [-0.3, -0.25) is 10.1 Å². The van der Waals surface area contributed by atoms with Gasteiger partial charge in [-0.2, -0.15) is 0 Å². The molecule has 5 rings (SSSR count). The number of anilines is 1. The number of thiazole rings is 1. The predicted molar refractivity (Wildman–Crippen MR) is 120 cm³/mol. The molecule has 3 heterocycles. The molecule has 1 unspecified atom stereocenters. The lowest BCUT2D eigenvalue weighted by Gasteiger charge is -2.10. The van der Waals surface area contributed by atoms with Crippen molar-refractivity contribution in [2.45, 2.75) is 26.4 Å². The Morgan fingerprint density at radius 3 is 2.74 bits per heavy atom. The third-order valence-electron chi connectivity index (χ3n) is 5.47. The van der Waals surface area contributed by atoms with Crippen molar-refractivity contribution in [2.24, 2.45) is 0 Å². The van der Waals surface area contributed by atoms with Crippen LogP contribution in [0.15, 0.2) is 60.0 Å². The second-order valence-electron chi connectivity index (χ2n) is 7.54. The maximum atomic E-state index is 13.3. The fourth-order valence-corrected chi connectivity index (χ4v) is 4.69. The van der Waals surface area contributed by atoms with Crippen LogP contribution in [0.4, 0.5) is 9.52 Å². The van der Waals surface area contributed by atoms with Crippen LogP contribution in [0.3, 0.4) is 0 Å². The van der Waals surface area contributed by atoms with Gasteiger partial charge in [-0.1, -0.05) is 18.2 Å². The van der Waals surface area contributed by atoms with Crippen molar-refractivity contribution in [2.75, 3.05) is 5.32 Å². The van der Waals surface area contributed by atoms with E-state index in [4.69, 9.17) is 4.74 Å². The Hall–Kier alpha value is -3.45. The quantitative estimate of drug-likeness (QED) is 0.475. The number of halogens is 1. The third-order valence-corrected chi connectivity index (χ3v) is 6.22. The van der Waals surface area contributed by atoms with Gasteiger partial charge in [-0.05, 0) is 55.8 Å². The molecule has 0 bridgehead atoms. The first-order chi connectivity index (χ1) is 15.0. The van der Waals surface area contributed by atoms with E-state index >= 15 is 0 Å². The van der Waals surface area contributed by atoms with Crippen LogP contribution in [0.5, 0.6) is 5.75 Å². The van der Waals surface area contributed by atoms with Gasteiger partial charge in [0.2, 0.25) is 0 Å². The van der Waals surface area contributed by atoms with Gasteiger partial charge in [0, 0.05) is 34.4 Å². The Labute approximate surface area is 183 Å². The molecule has 1 amide bonds. The SMILES string of the molecule is Cc1cc(-c2csc(NC(=O)C3Cc4ccccc4O3)n2)c(C)n1-c1ccc(F)cc1. The number of amides is 1. The highest BCUT2D eigenvalue weighted by Gasteiger charge is 2.29. The molecule has 0 fully saturated rings. The first kappa shape index (κ1) is 19.5. The Kier molecular flexibility index (Phi) is 4.82. The van der Waals surface area contributed by atoms with E-state index in [1.807, 2.05) is 43.5 Å². The minimum Gasteiger partial charge on any atom is -0.480 e. The second kappa shape index (κ2) is 7.67. The maximum Gasteiger partial charge on any atom is 0.267 e. The maximum absolute atomic E-state index is 13.3. The summed E-state index contributed by atoms with van der Waals surface area (Å²) in [5.41, 5.74) is 5.72. The van der Waals surface area contributed by atoms with E-state index in [2.05, 4.69) is 20.9 Å². The molecule has 156 valence electrons. The molecule has 0 radical (unpaired) electrons. The molecular formula is C24H20FN3O2S. The number of hydrogen-bond donors (Lipinski definition) is 1. The summed E-state index contributed by atoms with van der Waals surface area (Å²) < 4.78 is 21.1.